The molecule has 26 heavy (non-hydrogen) atoms. The van der Waals surface area contributed by atoms with Crippen LogP contribution in [0, 0.1) is 17.0 Å². The third kappa shape index (κ3) is 4.24. The van der Waals surface area contributed by atoms with E-state index in [1.807, 2.05) is 31.2 Å². The molecule has 6 nitrogen and oxygen atoms in total. The van der Waals surface area contributed by atoms with Crippen molar-refractivity contribution in [2.75, 3.05) is 0 Å². The summed E-state index contributed by atoms with van der Waals surface area (Å²) in [6, 6.07) is 18.6. The van der Waals surface area contributed by atoms with E-state index in [4.69, 9.17) is 4.74 Å². The summed E-state index contributed by atoms with van der Waals surface area (Å²) in [6.07, 6.45) is 1.39. The average molecular weight is 348 g/mol. The zero-order valence-corrected chi connectivity index (χ0v) is 14.0. The van der Waals surface area contributed by atoms with Crippen LogP contribution >= 0.6 is 0 Å². The number of aliphatic imine (C=N–C) groups is 1. The highest BCUT2D eigenvalue weighted by atomic mass is 16.6. The fourth-order valence-corrected chi connectivity index (χ4v) is 2.25. The van der Waals surface area contributed by atoms with Crippen LogP contribution in [-0.4, -0.2) is 16.2 Å². The molecule has 0 bridgehead atoms. The van der Waals surface area contributed by atoms with E-state index in [0.717, 1.165) is 11.3 Å². The summed E-state index contributed by atoms with van der Waals surface area (Å²) >= 11 is 0. The molecule has 3 rings (SSSR count). The maximum Gasteiger partial charge on any atom is 0.270 e. The lowest BCUT2D eigenvalue weighted by Gasteiger charge is -2.06. The first-order valence-corrected chi connectivity index (χ1v) is 7.87. The molecule has 3 aromatic carbocycles. The SMILES string of the molecule is Cc1ccc(Oc2ccc(N=Cc3cc([N+](=O)[O-])ccc3O)cc2)cc1. The lowest BCUT2D eigenvalue weighted by Crippen LogP contribution is -1.90. The summed E-state index contributed by atoms with van der Waals surface area (Å²) in [6.45, 7) is 2.01. The number of hydrogen-bond acceptors (Lipinski definition) is 5. The summed E-state index contributed by atoms with van der Waals surface area (Å²) < 4.78 is 5.75. The van der Waals surface area contributed by atoms with E-state index in [0.29, 0.717) is 11.4 Å². The van der Waals surface area contributed by atoms with Crippen LogP contribution in [-0.2, 0) is 0 Å². The van der Waals surface area contributed by atoms with Crippen molar-refractivity contribution >= 4 is 17.6 Å². The lowest BCUT2D eigenvalue weighted by atomic mass is 10.2. The number of aromatic hydroxyl groups is 1. The van der Waals surface area contributed by atoms with Gasteiger partial charge in [0.05, 0.1) is 10.6 Å². The standard InChI is InChI=1S/C20H16N2O4/c1-14-2-7-18(8-3-14)26-19-9-4-16(5-10-19)21-13-15-12-17(22(24)25)6-11-20(15)23/h2-13,23H,1H3. The predicted molar refractivity (Wildman–Crippen MR) is 99.7 cm³/mol. The van der Waals surface area contributed by atoms with Gasteiger partial charge in [0.25, 0.3) is 5.69 Å². The Morgan fingerprint density at radius 3 is 2.23 bits per heavy atom. The number of nitrogens with zero attached hydrogens (tertiary/aromatic N) is 2. The molecule has 1 N–H and O–H groups in total. The quantitative estimate of drug-likeness (QED) is 0.392. The third-order valence-corrected chi connectivity index (χ3v) is 3.67. The first-order valence-electron chi connectivity index (χ1n) is 7.87. The van der Waals surface area contributed by atoms with Crippen LogP contribution in [0.4, 0.5) is 11.4 Å². The Morgan fingerprint density at radius 1 is 1.00 bits per heavy atom. The second-order valence-electron chi connectivity index (χ2n) is 5.67. The number of nitro benzene ring substituents is 1. The monoisotopic (exact) mass is 348 g/mol. The molecule has 0 unspecified atom stereocenters. The molecule has 0 spiro atoms. The Labute approximate surface area is 150 Å². The van der Waals surface area contributed by atoms with Crippen molar-refractivity contribution in [1.82, 2.24) is 0 Å². The van der Waals surface area contributed by atoms with Crippen LogP contribution in [0.3, 0.4) is 0 Å². The van der Waals surface area contributed by atoms with Gasteiger partial charge in [-0.3, -0.25) is 15.1 Å². The molecule has 0 fully saturated rings. The number of ether oxygens (including phenoxy) is 1. The fraction of sp³-hybridized carbons (Fsp3) is 0.0500. The molecule has 0 aliphatic rings. The van der Waals surface area contributed by atoms with Gasteiger partial charge in [0.15, 0.2) is 0 Å². The number of aryl methyl sites for hydroxylation is 1. The van der Waals surface area contributed by atoms with Gasteiger partial charge in [0.1, 0.15) is 17.2 Å². The highest BCUT2D eigenvalue weighted by Crippen LogP contribution is 2.25. The van der Waals surface area contributed by atoms with Crippen molar-refractivity contribution in [1.29, 1.82) is 0 Å². The molecular weight excluding hydrogens is 332 g/mol. The minimum atomic E-state index is -0.520. The summed E-state index contributed by atoms with van der Waals surface area (Å²) in [5.41, 5.74) is 1.96. The molecular formula is C20H16N2O4. The summed E-state index contributed by atoms with van der Waals surface area (Å²) in [5, 5.41) is 20.6. The molecule has 0 saturated carbocycles. The number of nitro groups is 1. The molecule has 0 amide bonds. The van der Waals surface area contributed by atoms with E-state index >= 15 is 0 Å². The van der Waals surface area contributed by atoms with Gasteiger partial charge in [0, 0.05) is 23.9 Å². The van der Waals surface area contributed by atoms with Gasteiger partial charge >= 0.3 is 0 Å². The van der Waals surface area contributed by atoms with Gasteiger partial charge in [-0.2, -0.15) is 0 Å². The Morgan fingerprint density at radius 2 is 1.62 bits per heavy atom. The largest absolute Gasteiger partial charge is 0.507 e. The summed E-state index contributed by atoms with van der Waals surface area (Å²) in [5.74, 6) is 1.35. The molecule has 3 aromatic rings. The zero-order chi connectivity index (χ0) is 18.5. The number of benzene rings is 3. The Kier molecular flexibility index (Phi) is 4.94. The normalized spacial score (nSPS) is 10.8. The van der Waals surface area contributed by atoms with Crippen LogP contribution in [0.5, 0.6) is 17.2 Å². The van der Waals surface area contributed by atoms with Crippen molar-refractivity contribution < 1.29 is 14.8 Å². The minimum absolute atomic E-state index is 0.0707. The van der Waals surface area contributed by atoms with Crippen molar-refractivity contribution in [3.8, 4) is 17.2 Å². The average Bonchev–Trinajstić information content (AvgIpc) is 2.64. The van der Waals surface area contributed by atoms with E-state index in [1.54, 1.807) is 24.3 Å². The van der Waals surface area contributed by atoms with Crippen molar-refractivity contribution in [3.05, 3.63) is 88.0 Å². The molecule has 0 heterocycles. The molecule has 6 heteroatoms. The highest BCUT2D eigenvalue weighted by molar-refractivity contribution is 5.86. The van der Waals surface area contributed by atoms with Crippen LogP contribution in [0.2, 0.25) is 0 Å². The minimum Gasteiger partial charge on any atom is -0.507 e. The molecule has 0 aliphatic carbocycles. The Bertz CT molecular complexity index is 949. The molecule has 130 valence electrons. The fourth-order valence-electron chi connectivity index (χ4n) is 2.25. The van der Waals surface area contributed by atoms with Crippen molar-refractivity contribution in [3.63, 3.8) is 0 Å². The molecule has 0 aliphatic heterocycles. The summed E-state index contributed by atoms with van der Waals surface area (Å²) in [7, 11) is 0. The van der Waals surface area contributed by atoms with Crippen LogP contribution in [0.25, 0.3) is 0 Å². The van der Waals surface area contributed by atoms with Gasteiger partial charge in [-0.25, -0.2) is 0 Å². The second kappa shape index (κ2) is 7.48. The maximum atomic E-state index is 10.8. The van der Waals surface area contributed by atoms with Crippen molar-refractivity contribution in [2.24, 2.45) is 4.99 Å². The van der Waals surface area contributed by atoms with Crippen LogP contribution < -0.4 is 4.74 Å². The first-order chi connectivity index (χ1) is 12.5. The molecule has 0 radical (unpaired) electrons. The Hall–Kier alpha value is -3.67. The smallest absolute Gasteiger partial charge is 0.270 e. The van der Waals surface area contributed by atoms with E-state index in [9.17, 15) is 15.2 Å². The van der Waals surface area contributed by atoms with Gasteiger partial charge in [-0.15, -0.1) is 0 Å². The van der Waals surface area contributed by atoms with E-state index < -0.39 is 4.92 Å². The van der Waals surface area contributed by atoms with Gasteiger partial charge in [0.2, 0.25) is 0 Å². The maximum absolute atomic E-state index is 10.8. The highest BCUT2D eigenvalue weighted by Gasteiger charge is 2.08. The van der Waals surface area contributed by atoms with Crippen molar-refractivity contribution in [2.45, 2.75) is 6.92 Å². The van der Waals surface area contributed by atoms with Crippen LogP contribution in [0.15, 0.2) is 71.7 Å². The van der Waals surface area contributed by atoms with Gasteiger partial charge < -0.3 is 9.84 Å². The topological polar surface area (TPSA) is 85.0 Å². The van der Waals surface area contributed by atoms with Gasteiger partial charge in [-0.05, 0) is 49.4 Å². The first kappa shape index (κ1) is 17.2. The number of hydrogen-bond donors (Lipinski definition) is 1. The second-order valence-corrected chi connectivity index (χ2v) is 5.67. The van der Waals surface area contributed by atoms with Gasteiger partial charge in [-0.1, -0.05) is 17.7 Å². The predicted octanol–water partition coefficient (Wildman–Crippen LogP) is 5.15. The molecule has 0 saturated heterocycles. The van der Waals surface area contributed by atoms with E-state index in [1.165, 1.54) is 24.4 Å². The Balaban J connectivity index is 1.73. The molecule has 0 atom stereocenters. The number of non-ortho nitro benzene ring substituents is 1. The number of rotatable bonds is 5. The third-order valence-electron chi connectivity index (χ3n) is 3.67. The van der Waals surface area contributed by atoms with Crippen LogP contribution in [0.1, 0.15) is 11.1 Å². The summed E-state index contributed by atoms with van der Waals surface area (Å²) in [4.78, 5) is 14.5. The number of phenolic OH excluding ortho intramolecular Hbond substituents is 1. The number of phenols is 1. The zero-order valence-electron chi connectivity index (χ0n) is 14.0. The molecule has 0 aromatic heterocycles. The van der Waals surface area contributed by atoms with E-state index in [2.05, 4.69) is 4.99 Å². The van der Waals surface area contributed by atoms with E-state index in [-0.39, 0.29) is 17.0 Å². The lowest BCUT2D eigenvalue weighted by molar-refractivity contribution is -0.384.